The van der Waals surface area contributed by atoms with Gasteiger partial charge in [0.05, 0.1) is 6.04 Å². The zero-order valence-corrected chi connectivity index (χ0v) is 29.6. The van der Waals surface area contributed by atoms with E-state index in [1.54, 1.807) is 0 Å². The number of anilines is 2. The Morgan fingerprint density at radius 3 is 1.89 bits per heavy atom. The van der Waals surface area contributed by atoms with Gasteiger partial charge in [-0.25, -0.2) is 4.98 Å². The molecule has 2 fully saturated rings. The lowest BCUT2D eigenvalue weighted by molar-refractivity contribution is 0.0927. The van der Waals surface area contributed by atoms with E-state index in [1.165, 1.54) is 42.5 Å². The highest BCUT2D eigenvalue weighted by molar-refractivity contribution is 7.97. The van der Waals surface area contributed by atoms with Crippen LogP contribution in [0.3, 0.4) is 0 Å². The van der Waals surface area contributed by atoms with E-state index in [0.29, 0.717) is 17.1 Å². The fourth-order valence-electron chi connectivity index (χ4n) is 7.77. The summed E-state index contributed by atoms with van der Waals surface area (Å²) in [5, 5.41) is 0.486. The Bertz CT molecular complexity index is 1480. The Morgan fingerprint density at radius 1 is 0.745 bits per heavy atom. The molecule has 1 saturated carbocycles. The molecule has 4 aromatic rings. The van der Waals surface area contributed by atoms with E-state index in [-0.39, 0.29) is 6.04 Å². The van der Waals surface area contributed by atoms with Gasteiger partial charge in [0.2, 0.25) is 11.8 Å². The van der Waals surface area contributed by atoms with Gasteiger partial charge in [-0.15, -0.1) is 0 Å². The fourth-order valence-corrected chi connectivity index (χ4v) is 8.95. The number of oxazole rings is 1. The smallest absolute Gasteiger partial charge is 0.220 e. The topological polar surface area (TPSA) is 39.0 Å². The van der Waals surface area contributed by atoms with E-state index in [4.69, 9.17) is 9.40 Å². The van der Waals surface area contributed by atoms with Crippen molar-refractivity contribution in [2.24, 2.45) is 11.8 Å². The summed E-state index contributed by atoms with van der Waals surface area (Å²) in [6, 6.07) is 32.9. The van der Waals surface area contributed by atoms with Gasteiger partial charge in [-0.05, 0) is 88.0 Å². The largest absolute Gasteiger partial charge is 0.423 e. The third kappa shape index (κ3) is 8.25. The summed E-state index contributed by atoms with van der Waals surface area (Å²) in [4.78, 5) is 13.0. The first-order chi connectivity index (χ1) is 23.0. The first-order valence-corrected chi connectivity index (χ1v) is 18.6. The molecule has 0 spiro atoms. The molecule has 47 heavy (non-hydrogen) atoms. The minimum absolute atomic E-state index is 0.191. The van der Waals surface area contributed by atoms with Crippen LogP contribution in [0.5, 0.6) is 0 Å². The van der Waals surface area contributed by atoms with Crippen molar-refractivity contribution in [3.8, 4) is 0 Å². The van der Waals surface area contributed by atoms with Crippen LogP contribution < -0.4 is 9.80 Å². The number of nitrogens with zero attached hydrogens (tertiary/aromatic N) is 5. The van der Waals surface area contributed by atoms with Gasteiger partial charge in [-0.2, -0.15) is 0 Å². The Kier molecular flexibility index (Phi) is 11.6. The summed E-state index contributed by atoms with van der Waals surface area (Å²) in [5.41, 5.74) is 5.11. The maximum Gasteiger partial charge on any atom is 0.220 e. The molecule has 0 radical (unpaired) electrons. The Morgan fingerprint density at radius 2 is 1.30 bits per heavy atom. The van der Waals surface area contributed by atoms with Crippen molar-refractivity contribution >= 4 is 23.5 Å². The molecule has 1 aliphatic heterocycles. The van der Waals surface area contributed by atoms with Crippen LogP contribution in [0.4, 0.5) is 11.6 Å². The summed E-state index contributed by atoms with van der Waals surface area (Å²) in [6.45, 7) is 10.4. The Labute approximate surface area is 287 Å². The molecule has 2 atom stereocenters. The minimum Gasteiger partial charge on any atom is -0.423 e. The van der Waals surface area contributed by atoms with Crippen molar-refractivity contribution < 1.29 is 4.42 Å². The van der Waals surface area contributed by atoms with Gasteiger partial charge in [-0.3, -0.25) is 9.21 Å². The zero-order chi connectivity index (χ0) is 32.6. The monoisotopic (exact) mass is 651 g/mol. The molecule has 6 nitrogen and oxygen atoms in total. The van der Waals surface area contributed by atoms with E-state index >= 15 is 0 Å². The SMILES string of the molecule is CCN(CC)C(c1nc(Cc2ccccc2)c(N2CCN(c3ccccc3)CC2)o1)C1CCC(C(SN(C)C)c2ccccc2)CC1. The molecule has 2 aliphatic rings. The number of piperazine rings is 1. The number of rotatable bonds is 13. The van der Waals surface area contributed by atoms with E-state index in [1.807, 2.05) is 11.9 Å². The second-order valence-corrected chi connectivity index (χ2v) is 14.8. The van der Waals surface area contributed by atoms with Gasteiger partial charge in [-0.1, -0.05) is 105 Å². The van der Waals surface area contributed by atoms with Gasteiger partial charge < -0.3 is 14.2 Å². The number of hydrogen-bond acceptors (Lipinski definition) is 7. The van der Waals surface area contributed by atoms with Gasteiger partial charge >= 0.3 is 0 Å². The van der Waals surface area contributed by atoms with E-state index in [0.717, 1.165) is 63.2 Å². The molecule has 2 unspecified atom stereocenters. The summed E-state index contributed by atoms with van der Waals surface area (Å²) in [6.07, 6.45) is 5.65. The van der Waals surface area contributed by atoms with E-state index in [9.17, 15) is 0 Å². The third-order valence-electron chi connectivity index (χ3n) is 10.2. The number of aromatic nitrogens is 1. The van der Waals surface area contributed by atoms with Crippen molar-refractivity contribution in [2.45, 2.75) is 57.2 Å². The van der Waals surface area contributed by atoms with Crippen molar-refractivity contribution in [1.82, 2.24) is 14.2 Å². The maximum absolute atomic E-state index is 7.01. The second kappa shape index (κ2) is 16.2. The normalized spacial score (nSPS) is 20.1. The average molecular weight is 652 g/mol. The molecule has 3 aromatic carbocycles. The van der Waals surface area contributed by atoms with Crippen LogP contribution in [-0.2, 0) is 6.42 Å². The van der Waals surface area contributed by atoms with Crippen LogP contribution >= 0.6 is 11.9 Å². The predicted molar refractivity (Wildman–Crippen MR) is 198 cm³/mol. The molecule has 250 valence electrons. The lowest BCUT2D eigenvalue weighted by Crippen LogP contribution is -2.46. The molecule has 7 heteroatoms. The van der Waals surface area contributed by atoms with Crippen LogP contribution in [0, 0.1) is 11.8 Å². The summed E-state index contributed by atoms with van der Waals surface area (Å²) < 4.78 is 9.29. The number of benzene rings is 3. The van der Waals surface area contributed by atoms with Gasteiger partial charge in [0.15, 0.2) is 0 Å². The quantitative estimate of drug-likeness (QED) is 0.134. The van der Waals surface area contributed by atoms with Gasteiger partial charge in [0.1, 0.15) is 5.69 Å². The molecule has 1 saturated heterocycles. The lowest BCUT2D eigenvalue weighted by atomic mass is 9.75. The van der Waals surface area contributed by atoms with Crippen LogP contribution in [0.2, 0.25) is 0 Å². The minimum atomic E-state index is 0.191. The lowest BCUT2D eigenvalue weighted by Gasteiger charge is -2.40. The zero-order valence-electron chi connectivity index (χ0n) is 28.8. The molecule has 0 bridgehead atoms. The standard InChI is InChI=1S/C40H53N5OS/c1-5-43(6-2)37(32-22-24-34(25-23-32)38(47-42(3)4)33-18-12-8-13-19-33)39-41-36(30-31-16-10-7-11-17-31)40(46-39)45-28-26-44(27-29-45)35-20-14-9-15-21-35/h7-21,32,34,37-38H,5-6,22-30H2,1-4H3. The molecule has 0 amide bonds. The highest BCUT2D eigenvalue weighted by atomic mass is 32.2. The van der Waals surface area contributed by atoms with Gasteiger partial charge in [0.25, 0.3) is 0 Å². The summed E-state index contributed by atoms with van der Waals surface area (Å²) in [7, 11) is 4.36. The van der Waals surface area contributed by atoms with Gasteiger partial charge in [0, 0.05) is 43.5 Å². The Balaban J connectivity index is 1.25. The highest BCUT2D eigenvalue weighted by Crippen LogP contribution is 2.48. The summed E-state index contributed by atoms with van der Waals surface area (Å²) in [5.74, 6) is 3.09. The summed E-state index contributed by atoms with van der Waals surface area (Å²) >= 11 is 1.98. The fraction of sp³-hybridized carbons (Fsp3) is 0.475. The molecule has 1 aromatic heterocycles. The van der Waals surface area contributed by atoms with Crippen LogP contribution in [0.1, 0.15) is 73.5 Å². The molecule has 6 rings (SSSR count). The van der Waals surface area contributed by atoms with Crippen molar-refractivity contribution in [1.29, 1.82) is 0 Å². The molecular weight excluding hydrogens is 599 g/mol. The van der Waals surface area contributed by atoms with Crippen molar-refractivity contribution in [3.63, 3.8) is 0 Å². The van der Waals surface area contributed by atoms with Crippen molar-refractivity contribution in [2.75, 3.05) is 63.2 Å². The molecular formula is C40H53N5OS. The van der Waals surface area contributed by atoms with Crippen LogP contribution in [-0.4, -0.2) is 67.6 Å². The third-order valence-corrected chi connectivity index (χ3v) is 11.5. The predicted octanol–water partition coefficient (Wildman–Crippen LogP) is 8.73. The second-order valence-electron chi connectivity index (χ2n) is 13.4. The number of para-hydroxylation sites is 1. The molecule has 0 N–H and O–H groups in total. The first kappa shape index (κ1) is 33.6. The molecule has 1 aliphatic carbocycles. The van der Waals surface area contributed by atoms with E-state index < -0.39 is 0 Å². The molecule has 2 heterocycles. The number of hydrogen-bond donors (Lipinski definition) is 0. The Hall–Kier alpha value is -3.26. The average Bonchev–Trinajstić information content (AvgIpc) is 3.53. The first-order valence-electron chi connectivity index (χ1n) is 17.8. The van der Waals surface area contributed by atoms with E-state index in [2.05, 4.69) is 138 Å². The maximum atomic E-state index is 7.01. The highest BCUT2D eigenvalue weighted by Gasteiger charge is 2.38. The van der Waals surface area contributed by atoms with Crippen LogP contribution in [0.15, 0.2) is 95.4 Å². The van der Waals surface area contributed by atoms with Crippen LogP contribution in [0.25, 0.3) is 0 Å². The van der Waals surface area contributed by atoms with Crippen molar-refractivity contribution in [3.05, 3.63) is 114 Å².